The molecule has 1 fully saturated rings. The number of ketones is 1. The number of thioether (sulfide) groups is 3. The van der Waals surface area contributed by atoms with Crippen LogP contribution in [-0.2, 0) is 9.59 Å². The minimum Gasteiger partial charge on any atom is -0.508 e. The largest absolute Gasteiger partial charge is 0.508 e. The van der Waals surface area contributed by atoms with Crippen LogP contribution in [0, 0.1) is 0 Å². The molecule has 7 nitrogen and oxygen atoms in total. The fraction of sp³-hybridized carbons (Fsp3) is 0.459. The molecule has 1 aliphatic heterocycles. The number of Topliss-reactive ketones (excluding diaryl/α,β-unsaturated/α-hetero) is 1. The Hall–Kier alpha value is -2.25. The molecular weight excluding hydrogens is 715 g/mol. The van der Waals surface area contributed by atoms with Crippen molar-refractivity contribution < 1.29 is 29.4 Å². The van der Waals surface area contributed by atoms with Crippen molar-refractivity contribution in [3.63, 3.8) is 0 Å². The zero-order valence-electron chi connectivity index (χ0n) is 27.8. The van der Waals surface area contributed by atoms with E-state index >= 15 is 0 Å². The van der Waals surface area contributed by atoms with Crippen LogP contribution >= 0.6 is 56.9 Å². The Labute approximate surface area is 310 Å². The molecule has 264 valence electrons. The Morgan fingerprint density at radius 2 is 1.55 bits per heavy atom. The Morgan fingerprint density at radius 3 is 2.20 bits per heavy atom. The predicted molar refractivity (Wildman–Crippen MR) is 210 cm³/mol. The van der Waals surface area contributed by atoms with E-state index < -0.39 is 0 Å². The van der Waals surface area contributed by atoms with E-state index in [0.717, 1.165) is 30.6 Å². The molecule has 3 N–H and O–H groups in total. The molecule has 0 bridgehead atoms. The molecule has 0 aromatic heterocycles. The van der Waals surface area contributed by atoms with Crippen molar-refractivity contribution in [3.05, 3.63) is 81.9 Å². The molecule has 12 heteroatoms. The predicted octanol–water partition coefficient (Wildman–Crippen LogP) is 9.56. The summed E-state index contributed by atoms with van der Waals surface area (Å²) >= 11 is 4.01. The van der Waals surface area contributed by atoms with Crippen molar-refractivity contribution in [2.75, 3.05) is 17.8 Å². The number of carbonyl (C=O) groups is 4. The van der Waals surface area contributed by atoms with Gasteiger partial charge in [-0.25, -0.2) is 0 Å². The second-order valence-electron chi connectivity index (χ2n) is 12.1. The SMILES string of the molecule is CSC1=CC(NC(=O)CCCCC2CCCSS2)=C(C(=O)CCCCC(CCSC(=O)c2ccc(O)cc2)SC(=O)c2ccc(O)cc2)C1. The summed E-state index contributed by atoms with van der Waals surface area (Å²) in [5, 5.41) is 22.6. The number of hydrogen-bond acceptors (Lipinski definition) is 11. The van der Waals surface area contributed by atoms with Gasteiger partial charge in [0.25, 0.3) is 0 Å². The van der Waals surface area contributed by atoms with Gasteiger partial charge in [-0.05, 0) is 111 Å². The maximum absolute atomic E-state index is 13.4. The highest BCUT2D eigenvalue weighted by Gasteiger charge is 2.24. The Balaban J connectivity index is 1.26. The van der Waals surface area contributed by atoms with E-state index in [1.807, 2.05) is 33.9 Å². The molecule has 1 saturated heterocycles. The van der Waals surface area contributed by atoms with Crippen molar-refractivity contribution in [2.45, 2.75) is 87.5 Å². The summed E-state index contributed by atoms with van der Waals surface area (Å²) in [6.45, 7) is 0. The number of amides is 1. The number of hydrogen-bond donors (Lipinski definition) is 3. The molecule has 0 radical (unpaired) electrons. The van der Waals surface area contributed by atoms with Gasteiger partial charge in [0.1, 0.15) is 11.5 Å². The minimum absolute atomic E-state index is 0.0375. The summed E-state index contributed by atoms with van der Waals surface area (Å²) in [5.41, 5.74) is 2.32. The van der Waals surface area contributed by atoms with E-state index in [0.29, 0.717) is 71.9 Å². The van der Waals surface area contributed by atoms with Gasteiger partial charge in [0, 0.05) is 63.7 Å². The van der Waals surface area contributed by atoms with Crippen LogP contribution in [0.25, 0.3) is 0 Å². The third-order valence-corrected chi connectivity index (χ3v) is 14.4. The first-order valence-electron chi connectivity index (χ1n) is 16.8. The van der Waals surface area contributed by atoms with Crippen molar-refractivity contribution in [2.24, 2.45) is 0 Å². The molecule has 1 amide bonds. The fourth-order valence-corrected chi connectivity index (χ4v) is 11.1. The average Bonchev–Trinajstić information content (AvgIpc) is 3.52. The Morgan fingerprint density at radius 1 is 0.878 bits per heavy atom. The summed E-state index contributed by atoms with van der Waals surface area (Å²) in [7, 11) is 3.95. The van der Waals surface area contributed by atoms with Gasteiger partial charge in [-0.15, -0.1) is 11.8 Å². The van der Waals surface area contributed by atoms with Crippen LogP contribution in [0.4, 0.5) is 0 Å². The van der Waals surface area contributed by atoms with E-state index in [4.69, 9.17) is 0 Å². The third-order valence-electron chi connectivity index (χ3n) is 8.32. The quantitative estimate of drug-likeness (QED) is 0.0938. The number of nitrogens with one attached hydrogen (secondary N) is 1. The zero-order chi connectivity index (χ0) is 35.0. The van der Waals surface area contributed by atoms with Crippen LogP contribution in [0.3, 0.4) is 0 Å². The van der Waals surface area contributed by atoms with Crippen molar-refractivity contribution >= 4 is 78.8 Å². The van der Waals surface area contributed by atoms with Crippen LogP contribution in [0.2, 0.25) is 0 Å². The molecule has 0 saturated carbocycles. The molecule has 2 atom stereocenters. The molecule has 2 aliphatic rings. The van der Waals surface area contributed by atoms with Crippen LogP contribution in [0.5, 0.6) is 11.5 Å². The molecular formula is C37H45NO6S5. The van der Waals surface area contributed by atoms with Crippen molar-refractivity contribution in [1.29, 1.82) is 0 Å². The van der Waals surface area contributed by atoms with Gasteiger partial charge in [0.05, 0.1) is 0 Å². The highest BCUT2D eigenvalue weighted by molar-refractivity contribution is 8.77. The molecule has 4 rings (SSSR count). The monoisotopic (exact) mass is 759 g/mol. The molecule has 2 aromatic rings. The van der Waals surface area contributed by atoms with E-state index in [2.05, 4.69) is 5.32 Å². The van der Waals surface area contributed by atoms with Crippen molar-refractivity contribution in [1.82, 2.24) is 5.32 Å². The van der Waals surface area contributed by atoms with Gasteiger partial charge in [0.2, 0.25) is 16.1 Å². The molecule has 0 spiro atoms. The Kier molecular flexibility index (Phi) is 17.1. The summed E-state index contributed by atoms with van der Waals surface area (Å²) in [6.07, 6.45) is 13.6. The lowest BCUT2D eigenvalue weighted by Gasteiger charge is -2.19. The van der Waals surface area contributed by atoms with E-state index in [1.165, 1.54) is 66.4 Å². The van der Waals surface area contributed by atoms with Gasteiger partial charge in [-0.3, -0.25) is 19.2 Å². The number of aromatic hydroxyl groups is 2. The number of carbonyl (C=O) groups excluding carboxylic acids is 4. The number of phenolic OH excluding ortho intramolecular Hbond substituents is 2. The van der Waals surface area contributed by atoms with E-state index in [-0.39, 0.29) is 38.7 Å². The number of phenols is 2. The molecule has 49 heavy (non-hydrogen) atoms. The van der Waals surface area contributed by atoms with Crippen LogP contribution in [0.1, 0.15) is 97.8 Å². The number of allylic oxidation sites excluding steroid dienone is 3. The standard InChI is InChI=1S/C37H45NO6S5/c1-45-31-23-32(33(24-31)38-35(42)11-5-3-8-30-9-6-21-47-49-30)34(41)10-4-2-7-29(48-37(44)26-14-18-28(40)19-15-26)20-22-46-36(43)25-12-16-27(39)17-13-25/h12-19,24,29-30,39-40H,2-11,20-23H2,1H3,(H,38,42). The summed E-state index contributed by atoms with van der Waals surface area (Å²) in [6, 6.07) is 12.3. The van der Waals surface area contributed by atoms with Gasteiger partial charge in [0.15, 0.2) is 5.78 Å². The number of unbranched alkanes of at least 4 members (excludes halogenated alkanes) is 2. The lowest BCUT2D eigenvalue weighted by atomic mass is 10.0. The number of rotatable bonds is 19. The van der Waals surface area contributed by atoms with Crippen LogP contribution < -0.4 is 5.32 Å². The third kappa shape index (κ3) is 13.8. The molecule has 1 heterocycles. The highest BCUT2D eigenvalue weighted by Crippen LogP contribution is 2.38. The Bertz CT molecular complexity index is 1490. The smallest absolute Gasteiger partial charge is 0.224 e. The first-order chi connectivity index (χ1) is 23.7. The molecule has 2 unspecified atom stereocenters. The van der Waals surface area contributed by atoms with Crippen molar-refractivity contribution in [3.8, 4) is 11.5 Å². The first-order valence-corrected chi connectivity index (χ1v) is 22.2. The zero-order valence-corrected chi connectivity index (χ0v) is 31.9. The molecule has 2 aromatic carbocycles. The first kappa shape index (κ1) is 39.5. The fourth-order valence-electron chi connectivity index (χ4n) is 5.54. The maximum atomic E-state index is 13.4. The summed E-state index contributed by atoms with van der Waals surface area (Å²) < 4.78 is 0. The topological polar surface area (TPSA) is 121 Å². The van der Waals surface area contributed by atoms with E-state index in [9.17, 15) is 29.4 Å². The van der Waals surface area contributed by atoms with Gasteiger partial charge >= 0.3 is 0 Å². The van der Waals surface area contributed by atoms with Gasteiger partial charge < -0.3 is 15.5 Å². The van der Waals surface area contributed by atoms with Gasteiger partial charge in [-0.1, -0.05) is 58.0 Å². The highest BCUT2D eigenvalue weighted by atomic mass is 33.1. The maximum Gasteiger partial charge on any atom is 0.224 e. The average molecular weight is 760 g/mol. The van der Waals surface area contributed by atoms with E-state index in [1.54, 1.807) is 36.0 Å². The lowest BCUT2D eigenvalue weighted by Crippen LogP contribution is -2.23. The van der Waals surface area contributed by atoms with Gasteiger partial charge in [-0.2, -0.15) is 0 Å². The molecule has 1 aliphatic carbocycles. The second kappa shape index (κ2) is 21.2. The second-order valence-corrected chi connectivity index (χ2v) is 18.1. The van der Waals surface area contributed by atoms with Crippen LogP contribution in [0.15, 0.2) is 70.8 Å². The summed E-state index contributed by atoms with van der Waals surface area (Å²) in [4.78, 5) is 52.9. The summed E-state index contributed by atoms with van der Waals surface area (Å²) in [5.74, 6) is 1.96. The van der Waals surface area contributed by atoms with Crippen LogP contribution in [-0.4, -0.2) is 60.4 Å². The number of benzene rings is 2. The minimum atomic E-state index is -0.102. The lowest BCUT2D eigenvalue weighted by molar-refractivity contribution is -0.120. The normalized spacial score (nSPS) is 16.7.